The van der Waals surface area contributed by atoms with E-state index in [-0.39, 0.29) is 18.1 Å². The Hall–Kier alpha value is -3.19. The van der Waals surface area contributed by atoms with Crippen LogP contribution in [0.25, 0.3) is 6.08 Å². The monoisotopic (exact) mass is 478 g/mol. The maximum absolute atomic E-state index is 12.7. The van der Waals surface area contributed by atoms with Gasteiger partial charge in [-0.15, -0.1) is 0 Å². The standard InChI is InChI=1S/C27H27ClN2O4/c1-19-23(18-33-16-20-8-4-2-5-9-20)25(34-17-21-10-6-3-7-11-21)14-24(19)30-15-22(12-13-28)26(31)29-27(30)32/h2-13,15,23-25H,1,14,16-18H2,(H,29,31,32). The van der Waals surface area contributed by atoms with E-state index >= 15 is 0 Å². The minimum atomic E-state index is -0.490. The molecule has 0 amide bonds. The number of benzene rings is 2. The van der Waals surface area contributed by atoms with E-state index in [1.165, 1.54) is 22.4 Å². The molecule has 1 aliphatic rings. The summed E-state index contributed by atoms with van der Waals surface area (Å²) in [6.07, 6.45) is 3.33. The summed E-state index contributed by atoms with van der Waals surface area (Å²) >= 11 is 5.67. The molecule has 0 aliphatic heterocycles. The van der Waals surface area contributed by atoms with Gasteiger partial charge in [-0.05, 0) is 29.2 Å². The molecule has 2 aromatic carbocycles. The number of hydrogen-bond acceptors (Lipinski definition) is 4. The average Bonchev–Trinajstić information content (AvgIpc) is 3.16. The lowest BCUT2D eigenvalue weighted by molar-refractivity contribution is -0.0122. The van der Waals surface area contributed by atoms with Crippen LogP contribution in [0.2, 0.25) is 0 Å². The van der Waals surface area contributed by atoms with E-state index in [0.29, 0.717) is 31.8 Å². The molecule has 1 saturated carbocycles. The van der Waals surface area contributed by atoms with Crippen LogP contribution in [0.1, 0.15) is 29.2 Å². The van der Waals surface area contributed by atoms with Crippen LogP contribution in [0.15, 0.2) is 94.1 Å². The number of hydrogen-bond donors (Lipinski definition) is 1. The fourth-order valence-electron chi connectivity index (χ4n) is 4.29. The van der Waals surface area contributed by atoms with Crippen molar-refractivity contribution in [3.05, 3.63) is 122 Å². The highest BCUT2D eigenvalue weighted by Gasteiger charge is 2.40. The molecule has 1 aliphatic carbocycles. The van der Waals surface area contributed by atoms with Gasteiger partial charge in [0.25, 0.3) is 5.56 Å². The first-order valence-corrected chi connectivity index (χ1v) is 11.6. The lowest BCUT2D eigenvalue weighted by atomic mass is 10.0. The lowest BCUT2D eigenvalue weighted by Crippen LogP contribution is -2.33. The molecule has 0 saturated heterocycles. The van der Waals surface area contributed by atoms with Crippen LogP contribution in [-0.2, 0) is 22.7 Å². The summed E-state index contributed by atoms with van der Waals surface area (Å²) in [4.78, 5) is 27.1. The first-order valence-electron chi connectivity index (χ1n) is 11.1. The molecular weight excluding hydrogens is 452 g/mol. The normalized spacial score (nSPS) is 20.3. The Labute approximate surface area is 203 Å². The molecule has 1 fully saturated rings. The second-order valence-electron chi connectivity index (χ2n) is 8.31. The number of nitrogens with one attached hydrogen (secondary N) is 1. The lowest BCUT2D eigenvalue weighted by Gasteiger charge is -2.21. The molecule has 4 rings (SSSR count). The third-order valence-electron chi connectivity index (χ3n) is 6.10. The fraction of sp³-hybridized carbons (Fsp3) is 0.259. The minimum Gasteiger partial charge on any atom is -0.376 e. The zero-order chi connectivity index (χ0) is 23.9. The van der Waals surface area contributed by atoms with Gasteiger partial charge in [-0.1, -0.05) is 78.8 Å². The van der Waals surface area contributed by atoms with E-state index in [9.17, 15) is 9.59 Å². The predicted molar refractivity (Wildman–Crippen MR) is 134 cm³/mol. The molecule has 3 atom stereocenters. The zero-order valence-electron chi connectivity index (χ0n) is 18.7. The second kappa shape index (κ2) is 11.3. The fourth-order valence-corrected chi connectivity index (χ4v) is 4.42. The summed E-state index contributed by atoms with van der Waals surface area (Å²) in [6, 6.07) is 19.6. The summed E-state index contributed by atoms with van der Waals surface area (Å²) in [5.41, 5.74) is 3.55. The smallest absolute Gasteiger partial charge is 0.328 e. The van der Waals surface area contributed by atoms with E-state index in [1.807, 2.05) is 60.7 Å². The summed E-state index contributed by atoms with van der Waals surface area (Å²) in [7, 11) is 0. The Morgan fingerprint density at radius 2 is 1.68 bits per heavy atom. The molecule has 1 heterocycles. The molecular formula is C27H27ClN2O4. The molecule has 34 heavy (non-hydrogen) atoms. The number of H-pyrrole nitrogens is 1. The van der Waals surface area contributed by atoms with E-state index in [0.717, 1.165) is 16.7 Å². The van der Waals surface area contributed by atoms with Crippen LogP contribution < -0.4 is 11.2 Å². The van der Waals surface area contributed by atoms with Crippen molar-refractivity contribution in [2.75, 3.05) is 6.61 Å². The van der Waals surface area contributed by atoms with Gasteiger partial charge in [0.2, 0.25) is 0 Å². The average molecular weight is 479 g/mol. The highest BCUT2D eigenvalue weighted by Crippen LogP contribution is 2.40. The van der Waals surface area contributed by atoms with Crippen molar-refractivity contribution in [2.24, 2.45) is 5.92 Å². The van der Waals surface area contributed by atoms with Crippen molar-refractivity contribution in [2.45, 2.75) is 31.8 Å². The van der Waals surface area contributed by atoms with Gasteiger partial charge < -0.3 is 9.47 Å². The summed E-state index contributed by atoms with van der Waals surface area (Å²) in [6.45, 7) is 5.64. The SMILES string of the molecule is C=C1C(COCc2ccccc2)C(OCc2ccccc2)CC1n1cc(C=CCl)c(=O)[nH]c1=O. The van der Waals surface area contributed by atoms with Crippen LogP contribution in [0.3, 0.4) is 0 Å². The van der Waals surface area contributed by atoms with Crippen molar-refractivity contribution in [3.8, 4) is 0 Å². The number of ether oxygens (including phenoxy) is 2. The Bertz CT molecular complexity index is 1250. The Kier molecular flexibility index (Phi) is 7.95. The van der Waals surface area contributed by atoms with Gasteiger partial charge in [0.1, 0.15) is 0 Å². The highest BCUT2D eigenvalue weighted by atomic mass is 35.5. The second-order valence-corrected chi connectivity index (χ2v) is 8.56. The molecule has 6 nitrogen and oxygen atoms in total. The largest absolute Gasteiger partial charge is 0.376 e. The third kappa shape index (κ3) is 5.65. The molecule has 1 N–H and O–H groups in total. The van der Waals surface area contributed by atoms with Crippen LogP contribution in [0, 0.1) is 5.92 Å². The summed E-state index contributed by atoms with van der Waals surface area (Å²) in [5.74, 6) is -0.108. The van der Waals surface area contributed by atoms with Crippen molar-refractivity contribution < 1.29 is 9.47 Å². The van der Waals surface area contributed by atoms with Gasteiger partial charge in [0.05, 0.1) is 37.5 Å². The molecule has 3 unspecified atom stereocenters. The molecule has 0 radical (unpaired) electrons. The number of aromatic amines is 1. The van der Waals surface area contributed by atoms with Crippen LogP contribution in [0.5, 0.6) is 0 Å². The van der Waals surface area contributed by atoms with E-state index < -0.39 is 11.2 Å². The van der Waals surface area contributed by atoms with Gasteiger partial charge in [-0.2, -0.15) is 0 Å². The number of rotatable bonds is 9. The quantitative estimate of drug-likeness (QED) is 0.454. The summed E-state index contributed by atoms with van der Waals surface area (Å²) < 4.78 is 13.8. The Morgan fingerprint density at radius 1 is 1.03 bits per heavy atom. The molecule has 0 bridgehead atoms. The van der Waals surface area contributed by atoms with Gasteiger partial charge in [-0.3, -0.25) is 14.3 Å². The van der Waals surface area contributed by atoms with Crippen LogP contribution in [-0.4, -0.2) is 22.3 Å². The van der Waals surface area contributed by atoms with Gasteiger partial charge >= 0.3 is 5.69 Å². The molecule has 7 heteroatoms. The first-order chi connectivity index (χ1) is 16.6. The van der Waals surface area contributed by atoms with Crippen molar-refractivity contribution in [1.29, 1.82) is 0 Å². The third-order valence-corrected chi connectivity index (χ3v) is 6.22. The number of aromatic nitrogens is 2. The van der Waals surface area contributed by atoms with Crippen LogP contribution >= 0.6 is 11.6 Å². The van der Waals surface area contributed by atoms with Crippen molar-refractivity contribution in [1.82, 2.24) is 9.55 Å². The zero-order valence-corrected chi connectivity index (χ0v) is 19.5. The summed E-state index contributed by atoms with van der Waals surface area (Å²) in [5, 5.41) is 0. The topological polar surface area (TPSA) is 73.3 Å². The van der Waals surface area contributed by atoms with Crippen LogP contribution in [0.4, 0.5) is 0 Å². The molecule has 1 aromatic heterocycles. The highest BCUT2D eigenvalue weighted by molar-refractivity contribution is 6.27. The Morgan fingerprint density at radius 3 is 2.32 bits per heavy atom. The maximum Gasteiger partial charge on any atom is 0.328 e. The number of halogens is 1. The Balaban J connectivity index is 1.55. The molecule has 3 aromatic rings. The molecule has 176 valence electrons. The van der Waals surface area contributed by atoms with Gasteiger partial charge in [-0.25, -0.2) is 4.79 Å². The van der Waals surface area contributed by atoms with Crippen molar-refractivity contribution >= 4 is 17.7 Å². The number of nitrogens with zero attached hydrogens (tertiary/aromatic N) is 1. The minimum absolute atomic E-state index is 0.108. The first kappa shape index (κ1) is 24.0. The van der Waals surface area contributed by atoms with Gasteiger partial charge in [0.15, 0.2) is 0 Å². The predicted octanol–water partition coefficient (Wildman–Crippen LogP) is 4.67. The molecule has 0 spiro atoms. The van der Waals surface area contributed by atoms with E-state index in [1.54, 1.807) is 0 Å². The van der Waals surface area contributed by atoms with E-state index in [4.69, 9.17) is 21.1 Å². The maximum atomic E-state index is 12.7. The van der Waals surface area contributed by atoms with E-state index in [2.05, 4.69) is 11.6 Å². The van der Waals surface area contributed by atoms with Gasteiger partial charge in [0, 0.05) is 17.6 Å². The van der Waals surface area contributed by atoms with Crippen molar-refractivity contribution in [3.63, 3.8) is 0 Å².